The average Bonchev–Trinajstić information content (AvgIpc) is 2.97. The Hall–Kier alpha value is -2.76. The van der Waals surface area contributed by atoms with Crippen LogP contribution in [0.3, 0.4) is 0 Å². The number of rotatable bonds is 6. The van der Waals surface area contributed by atoms with E-state index in [9.17, 15) is 9.59 Å². The van der Waals surface area contributed by atoms with E-state index < -0.39 is 5.97 Å². The number of carbonyl (C=O) groups is 2. The number of carboxylic acid groups (broad SMARTS) is 1. The van der Waals surface area contributed by atoms with E-state index in [1.54, 1.807) is 24.3 Å². The first-order valence-electron chi connectivity index (χ1n) is 6.86. The SMILES string of the molecule is CCCC(=O)Nc1cc(OC)ccc1-c1ccc(C(=O)O)o1. The smallest absolute Gasteiger partial charge is 0.371 e. The topological polar surface area (TPSA) is 88.8 Å². The lowest BCUT2D eigenvalue weighted by molar-refractivity contribution is -0.116. The molecule has 2 N–H and O–H groups in total. The molecule has 0 spiro atoms. The molecular formula is C16H17NO5. The second kappa shape index (κ2) is 6.80. The van der Waals surface area contributed by atoms with Gasteiger partial charge < -0.3 is 19.6 Å². The van der Waals surface area contributed by atoms with Crippen molar-refractivity contribution in [3.8, 4) is 17.1 Å². The summed E-state index contributed by atoms with van der Waals surface area (Å²) in [7, 11) is 1.53. The van der Waals surface area contributed by atoms with Crippen molar-refractivity contribution in [2.24, 2.45) is 0 Å². The Balaban J connectivity index is 2.40. The highest BCUT2D eigenvalue weighted by Gasteiger charge is 2.15. The van der Waals surface area contributed by atoms with E-state index in [1.165, 1.54) is 13.2 Å². The zero-order chi connectivity index (χ0) is 16.1. The molecule has 6 heteroatoms. The minimum atomic E-state index is -1.14. The van der Waals surface area contributed by atoms with Crippen LogP contribution in [-0.2, 0) is 4.79 Å². The third kappa shape index (κ3) is 3.46. The molecule has 1 amide bonds. The van der Waals surface area contributed by atoms with Gasteiger partial charge in [-0.25, -0.2) is 4.79 Å². The van der Waals surface area contributed by atoms with Gasteiger partial charge in [0.25, 0.3) is 0 Å². The molecule has 2 rings (SSSR count). The molecule has 22 heavy (non-hydrogen) atoms. The lowest BCUT2D eigenvalue weighted by Crippen LogP contribution is -2.11. The number of hydrogen-bond donors (Lipinski definition) is 2. The molecule has 1 aromatic heterocycles. The Morgan fingerprint density at radius 3 is 2.64 bits per heavy atom. The molecule has 0 bridgehead atoms. The quantitative estimate of drug-likeness (QED) is 0.853. The van der Waals surface area contributed by atoms with Gasteiger partial charge in [0.15, 0.2) is 0 Å². The van der Waals surface area contributed by atoms with Gasteiger partial charge in [0, 0.05) is 18.1 Å². The van der Waals surface area contributed by atoms with Crippen molar-refractivity contribution in [1.29, 1.82) is 0 Å². The minimum Gasteiger partial charge on any atom is -0.497 e. The van der Waals surface area contributed by atoms with Crippen LogP contribution in [0.4, 0.5) is 5.69 Å². The van der Waals surface area contributed by atoms with Crippen molar-refractivity contribution in [3.05, 3.63) is 36.1 Å². The fourth-order valence-electron chi connectivity index (χ4n) is 2.01. The van der Waals surface area contributed by atoms with Gasteiger partial charge >= 0.3 is 5.97 Å². The summed E-state index contributed by atoms with van der Waals surface area (Å²) >= 11 is 0. The summed E-state index contributed by atoms with van der Waals surface area (Å²) in [5.41, 5.74) is 1.11. The highest BCUT2D eigenvalue weighted by Crippen LogP contribution is 2.33. The second-order valence-corrected chi connectivity index (χ2v) is 4.68. The molecule has 1 heterocycles. The zero-order valence-electron chi connectivity index (χ0n) is 12.4. The van der Waals surface area contributed by atoms with Crippen molar-refractivity contribution in [2.45, 2.75) is 19.8 Å². The molecular weight excluding hydrogens is 286 g/mol. The molecule has 116 valence electrons. The first-order valence-corrected chi connectivity index (χ1v) is 6.86. The zero-order valence-corrected chi connectivity index (χ0v) is 12.4. The number of nitrogens with one attached hydrogen (secondary N) is 1. The first kappa shape index (κ1) is 15.6. The summed E-state index contributed by atoms with van der Waals surface area (Å²) in [6, 6.07) is 8.03. The Morgan fingerprint density at radius 2 is 2.05 bits per heavy atom. The Bertz CT molecular complexity index is 690. The van der Waals surface area contributed by atoms with Crippen LogP contribution in [-0.4, -0.2) is 24.1 Å². The summed E-state index contributed by atoms with van der Waals surface area (Å²) in [6.07, 6.45) is 1.13. The van der Waals surface area contributed by atoms with Crippen molar-refractivity contribution in [1.82, 2.24) is 0 Å². The molecule has 0 aliphatic heterocycles. The molecule has 0 unspecified atom stereocenters. The number of ether oxygens (including phenoxy) is 1. The summed E-state index contributed by atoms with van der Waals surface area (Å²) in [6.45, 7) is 1.91. The number of aromatic carboxylic acids is 1. The number of benzene rings is 1. The Morgan fingerprint density at radius 1 is 1.27 bits per heavy atom. The number of carbonyl (C=O) groups excluding carboxylic acids is 1. The monoisotopic (exact) mass is 303 g/mol. The highest BCUT2D eigenvalue weighted by molar-refractivity contribution is 5.95. The van der Waals surface area contributed by atoms with Gasteiger partial charge in [-0.3, -0.25) is 4.79 Å². The summed E-state index contributed by atoms with van der Waals surface area (Å²) < 4.78 is 10.4. The van der Waals surface area contributed by atoms with Gasteiger partial charge in [-0.1, -0.05) is 6.92 Å². The van der Waals surface area contributed by atoms with E-state index >= 15 is 0 Å². The van der Waals surface area contributed by atoms with Crippen molar-refractivity contribution >= 4 is 17.6 Å². The predicted octanol–water partition coefficient (Wildman–Crippen LogP) is 3.39. The molecule has 2 aromatic rings. The first-order chi connectivity index (χ1) is 10.5. The fourth-order valence-corrected chi connectivity index (χ4v) is 2.01. The van der Waals surface area contributed by atoms with Gasteiger partial charge in [0.05, 0.1) is 12.8 Å². The normalized spacial score (nSPS) is 10.3. The van der Waals surface area contributed by atoms with Gasteiger partial charge in [0.2, 0.25) is 11.7 Å². The molecule has 0 radical (unpaired) electrons. The number of methoxy groups -OCH3 is 1. The van der Waals surface area contributed by atoms with Gasteiger partial charge in [-0.05, 0) is 30.7 Å². The van der Waals surface area contributed by atoms with Crippen LogP contribution in [0.25, 0.3) is 11.3 Å². The third-order valence-electron chi connectivity index (χ3n) is 3.06. The predicted molar refractivity (Wildman–Crippen MR) is 81.2 cm³/mol. The van der Waals surface area contributed by atoms with E-state index in [1.807, 2.05) is 6.92 Å². The highest BCUT2D eigenvalue weighted by atomic mass is 16.5. The van der Waals surface area contributed by atoms with E-state index in [4.69, 9.17) is 14.3 Å². The molecule has 1 aromatic carbocycles. The standard InChI is InChI=1S/C16H17NO5/c1-3-4-15(18)17-12-9-10(21-2)5-6-11(12)13-7-8-14(22-13)16(19)20/h5-9H,3-4H2,1-2H3,(H,17,18)(H,19,20). The van der Waals surface area contributed by atoms with Gasteiger partial charge in [0.1, 0.15) is 11.5 Å². The number of amides is 1. The van der Waals surface area contributed by atoms with Crippen LogP contribution in [0, 0.1) is 0 Å². The van der Waals surface area contributed by atoms with Crippen LogP contribution in [0.1, 0.15) is 30.3 Å². The summed E-state index contributed by atoms with van der Waals surface area (Å²) in [5.74, 6) is -0.470. The molecule has 0 aliphatic carbocycles. The van der Waals surface area contributed by atoms with Gasteiger partial charge in [-0.2, -0.15) is 0 Å². The lowest BCUT2D eigenvalue weighted by atomic mass is 10.1. The maximum atomic E-state index is 11.8. The van der Waals surface area contributed by atoms with Crippen molar-refractivity contribution in [3.63, 3.8) is 0 Å². The molecule has 0 saturated heterocycles. The minimum absolute atomic E-state index is 0.123. The number of carboxylic acids is 1. The third-order valence-corrected chi connectivity index (χ3v) is 3.06. The van der Waals surface area contributed by atoms with Crippen LogP contribution in [0.5, 0.6) is 5.75 Å². The molecule has 0 saturated carbocycles. The van der Waals surface area contributed by atoms with Gasteiger partial charge in [-0.15, -0.1) is 0 Å². The number of hydrogen-bond acceptors (Lipinski definition) is 4. The van der Waals surface area contributed by atoms with Crippen molar-refractivity contribution in [2.75, 3.05) is 12.4 Å². The van der Waals surface area contributed by atoms with E-state index in [2.05, 4.69) is 5.32 Å². The fraction of sp³-hybridized carbons (Fsp3) is 0.250. The molecule has 0 atom stereocenters. The van der Waals surface area contributed by atoms with E-state index in [0.717, 1.165) is 6.42 Å². The summed E-state index contributed by atoms with van der Waals surface area (Å²) in [4.78, 5) is 22.7. The maximum Gasteiger partial charge on any atom is 0.371 e. The molecule has 0 fully saturated rings. The van der Waals surface area contributed by atoms with Crippen LogP contribution >= 0.6 is 0 Å². The van der Waals surface area contributed by atoms with E-state index in [0.29, 0.717) is 29.2 Å². The molecule has 6 nitrogen and oxygen atoms in total. The van der Waals surface area contributed by atoms with Crippen molar-refractivity contribution < 1.29 is 23.8 Å². The number of furan rings is 1. The molecule has 0 aliphatic rings. The number of anilines is 1. The van der Waals surface area contributed by atoms with Crippen LogP contribution < -0.4 is 10.1 Å². The second-order valence-electron chi connectivity index (χ2n) is 4.68. The Kier molecular flexibility index (Phi) is 4.83. The average molecular weight is 303 g/mol. The maximum absolute atomic E-state index is 11.8. The Labute approximate surface area is 127 Å². The summed E-state index contributed by atoms with van der Waals surface area (Å²) in [5, 5.41) is 11.7. The van der Waals surface area contributed by atoms with E-state index in [-0.39, 0.29) is 11.7 Å². The van der Waals surface area contributed by atoms with Crippen LogP contribution in [0.2, 0.25) is 0 Å². The lowest BCUT2D eigenvalue weighted by Gasteiger charge is -2.11. The largest absolute Gasteiger partial charge is 0.497 e. The van der Waals surface area contributed by atoms with Crippen LogP contribution in [0.15, 0.2) is 34.7 Å².